The number of hydrogen-bond acceptors (Lipinski definition) is 5. The van der Waals surface area contributed by atoms with E-state index in [-0.39, 0.29) is 43.6 Å². The molecule has 1 unspecified atom stereocenters. The lowest BCUT2D eigenvalue weighted by Gasteiger charge is -2.40. The Balaban J connectivity index is 0.00000272. The molecule has 1 aliphatic rings. The summed E-state index contributed by atoms with van der Waals surface area (Å²) in [5.41, 5.74) is 0.883. The van der Waals surface area contributed by atoms with Gasteiger partial charge < -0.3 is 10.0 Å². The summed E-state index contributed by atoms with van der Waals surface area (Å²) >= 11 is 0. The van der Waals surface area contributed by atoms with Crippen molar-refractivity contribution in [1.82, 2.24) is 14.5 Å². The molecule has 4 rings (SSSR count). The molecule has 2 aromatic heterocycles. The Morgan fingerprint density at radius 1 is 1.13 bits per heavy atom. The molecule has 0 radical (unpaired) electrons. The number of anilines is 1. The van der Waals surface area contributed by atoms with Crippen molar-refractivity contribution in [3.63, 3.8) is 0 Å². The predicted octanol–water partition coefficient (Wildman–Crippen LogP) is 3.60. The van der Waals surface area contributed by atoms with E-state index in [4.69, 9.17) is 0 Å². The first-order valence-electron chi connectivity index (χ1n) is 9.43. The van der Waals surface area contributed by atoms with Gasteiger partial charge in [0.05, 0.1) is 18.3 Å². The van der Waals surface area contributed by atoms with Crippen molar-refractivity contribution in [2.75, 3.05) is 11.4 Å². The molecule has 0 aliphatic carbocycles. The topological polar surface area (TPSA) is 71.2 Å². The van der Waals surface area contributed by atoms with Crippen molar-refractivity contribution >= 4 is 18.4 Å². The second kappa shape index (κ2) is 9.07. The molecule has 1 N–H and O–H groups in total. The summed E-state index contributed by atoms with van der Waals surface area (Å²) in [5.74, 6) is -0.0992. The third kappa shape index (κ3) is 4.72. The van der Waals surface area contributed by atoms with E-state index in [1.54, 1.807) is 42.5 Å². The highest BCUT2D eigenvalue weighted by molar-refractivity contribution is 5.85. The van der Waals surface area contributed by atoms with Crippen LogP contribution in [0.2, 0.25) is 0 Å². The molecule has 6 nitrogen and oxygen atoms in total. The molecule has 0 fully saturated rings. The first-order chi connectivity index (χ1) is 14.3. The van der Waals surface area contributed by atoms with Crippen LogP contribution in [0.1, 0.15) is 18.1 Å². The van der Waals surface area contributed by atoms with E-state index < -0.39 is 23.9 Å². The van der Waals surface area contributed by atoms with E-state index in [0.29, 0.717) is 11.1 Å². The normalized spacial score (nSPS) is 16.9. The standard InChI is InChI=1S/C21H19F3N4O2.ClH/c22-21(23,24)18-8-11-27-19(30)12-16(14-6-9-25-10-7-14)26-20(27)28(18)13-17(29)15-4-2-1-3-5-15;/h1-7,9-10,12,17-18,29H,8,11,13H2;1H/t17-,18?;/m0./s1. The molecule has 0 bridgehead atoms. The van der Waals surface area contributed by atoms with Crippen LogP contribution >= 0.6 is 12.4 Å². The molecule has 164 valence electrons. The van der Waals surface area contributed by atoms with Crippen LogP contribution in [0.15, 0.2) is 65.7 Å². The Bertz CT molecular complexity index is 1080. The van der Waals surface area contributed by atoms with E-state index >= 15 is 0 Å². The van der Waals surface area contributed by atoms with Gasteiger partial charge in [-0.2, -0.15) is 13.2 Å². The van der Waals surface area contributed by atoms with Crippen molar-refractivity contribution in [2.24, 2.45) is 0 Å². The molecule has 0 amide bonds. The van der Waals surface area contributed by atoms with Crippen molar-refractivity contribution in [2.45, 2.75) is 31.3 Å². The van der Waals surface area contributed by atoms with E-state index in [1.807, 2.05) is 0 Å². The van der Waals surface area contributed by atoms with Crippen LogP contribution in [0.3, 0.4) is 0 Å². The lowest BCUT2D eigenvalue weighted by atomic mass is 10.1. The molecule has 0 saturated heterocycles. The lowest BCUT2D eigenvalue weighted by Crippen LogP contribution is -2.53. The van der Waals surface area contributed by atoms with E-state index in [9.17, 15) is 23.1 Å². The molecule has 1 aliphatic heterocycles. The number of halogens is 4. The summed E-state index contributed by atoms with van der Waals surface area (Å²) in [6.45, 7) is -0.444. The SMILES string of the molecule is Cl.O=c1cc(-c2ccncc2)nc2n1CCC(C(F)(F)F)N2C[C@H](O)c1ccccc1. The van der Waals surface area contributed by atoms with E-state index in [1.165, 1.54) is 23.0 Å². The van der Waals surface area contributed by atoms with E-state index in [2.05, 4.69) is 9.97 Å². The minimum absolute atomic E-state index is 0. The van der Waals surface area contributed by atoms with Crippen LogP contribution in [0, 0.1) is 0 Å². The minimum atomic E-state index is -4.54. The highest BCUT2D eigenvalue weighted by Crippen LogP contribution is 2.35. The van der Waals surface area contributed by atoms with Gasteiger partial charge in [0.2, 0.25) is 5.95 Å². The van der Waals surface area contributed by atoms with Gasteiger partial charge in [-0.3, -0.25) is 14.3 Å². The molecule has 1 aromatic carbocycles. The number of aliphatic hydroxyl groups excluding tert-OH is 1. The van der Waals surface area contributed by atoms with Gasteiger partial charge in [-0.25, -0.2) is 4.98 Å². The van der Waals surface area contributed by atoms with Crippen LogP contribution in [0.4, 0.5) is 19.1 Å². The van der Waals surface area contributed by atoms with Crippen LogP contribution in [-0.4, -0.2) is 38.4 Å². The summed E-state index contributed by atoms with van der Waals surface area (Å²) in [6, 6.07) is 11.2. The second-order valence-corrected chi connectivity index (χ2v) is 7.09. The van der Waals surface area contributed by atoms with Gasteiger partial charge in [-0.15, -0.1) is 12.4 Å². The number of rotatable bonds is 4. The molecule has 31 heavy (non-hydrogen) atoms. The minimum Gasteiger partial charge on any atom is -0.387 e. The highest BCUT2D eigenvalue weighted by atomic mass is 35.5. The largest absolute Gasteiger partial charge is 0.408 e. The van der Waals surface area contributed by atoms with Gasteiger partial charge >= 0.3 is 6.18 Å². The fourth-order valence-corrected chi connectivity index (χ4v) is 3.66. The van der Waals surface area contributed by atoms with Crippen molar-refractivity contribution in [1.29, 1.82) is 0 Å². The summed E-state index contributed by atoms with van der Waals surface area (Å²) in [7, 11) is 0. The van der Waals surface area contributed by atoms with Crippen LogP contribution < -0.4 is 10.5 Å². The number of β-amino-alcohol motifs (C(OH)–C–C–N with tert-alkyl or cyclic N) is 1. The highest BCUT2D eigenvalue weighted by Gasteiger charge is 2.47. The van der Waals surface area contributed by atoms with Gasteiger partial charge in [-0.1, -0.05) is 30.3 Å². The molecule has 0 saturated carbocycles. The third-order valence-corrected chi connectivity index (χ3v) is 5.16. The number of aliphatic hydroxyl groups is 1. The Kier molecular flexibility index (Phi) is 6.66. The summed E-state index contributed by atoms with van der Waals surface area (Å²) in [5, 5.41) is 10.6. The molecule has 2 atom stereocenters. The molecular formula is C21H20ClF3N4O2. The number of pyridine rings is 1. The zero-order valence-corrected chi connectivity index (χ0v) is 17.1. The smallest absolute Gasteiger partial charge is 0.387 e. The maximum atomic E-state index is 13.8. The van der Waals surface area contributed by atoms with Crippen molar-refractivity contribution < 1.29 is 18.3 Å². The van der Waals surface area contributed by atoms with Gasteiger partial charge in [0.25, 0.3) is 5.56 Å². The lowest BCUT2D eigenvalue weighted by molar-refractivity contribution is -0.153. The Hall–Kier alpha value is -2.91. The molecule has 3 aromatic rings. The van der Waals surface area contributed by atoms with Crippen molar-refractivity contribution in [3.8, 4) is 11.3 Å². The van der Waals surface area contributed by atoms with Crippen LogP contribution in [0.25, 0.3) is 11.3 Å². The maximum absolute atomic E-state index is 13.8. The average molecular weight is 453 g/mol. The molecule has 0 spiro atoms. The van der Waals surface area contributed by atoms with E-state index in [0.717, 1.165) is 4.90 Å². The number of hydrogen-bond donors (Lipinski definition) is 1. The molecular weight excluding hydrogens is 433 g/mol. The van der Waals surface area contributed by atoms with Gasteiger partial charge in [0, 0.05) is 30.6 Å². The fraction of sp³-hybridized carbons (Fsp3) is 0.286. The monoisotopic (exact) mass is 452 g/mol. The third-order valence-electron chi connectivity index (χ3n) is 5.16. The number of aromatic nitrogens is 3. The number of alkyl halides is 3. The van der Waals surface area contributed by atoms with Gasteiger partial charge in [0.1, 0.15) is 6.04 Å². The zero-order valence-electron chi connectivity index (χ0n) is 16.2. The number of nitrogens with zero attached hydrogens (tertiary/aromatic N) is 4. The van der Waals surface area contributed by atoms with Crippen LogP contribution in [0.5, 0.6) is 0 Å². The number of benzene rings is 1. The Morgan fingerprint density at radius 2 is 1.81 bits per heavy atom. The average Bonchev–Trinajstić information content (AvgIpc) is 2.74. The van der Waals surface area contributed by atoms with Crippen LogP contribution in [-0.2, 0) is 6.54 Å². The first-order valence-corrected chi connectivity index (χ1v) is 9.43. The molecule has 10 heteroatoms. The predicted molar refractivity (Wildman–Crippen MR) is 112 cm³/mol. The van der Waals surface area contributed by atoms with Gasteiger partial charge in [0.15, 0.2) is 0 Å². The quantitative estimate of drug-likeness (QED) is 0.655. The van der Waals surface area contributed by atoms with Gasteiger partial charge in [-0.05, 0) is 24.1 Å². The maximum Gasteiger partial charge on any atom is 0.408 e. The fourth-order valence-electron chi connectivity index (χ4n) is 3.66. The Morgan fingerprint density at radius 3 is 2.45 bits per heavy atom. The summed E-state index contributed by atoms with van der Waals surface area (Å²) < 4.78 is 42.7. The van der Waals surface area contributed by atoms with Crippen molar-refractivity contribution in [3.05, 3.63) is 76.8 Å². The molecule has 3 heterocycles. The summed E-state index contributed by atoms with van der Waals surface area (Å²) in [4.78, 5) is 21.9. The second-order valence-electron chi connectivity index (χ2n) is 7.09. The summed E-state index contributed by atoms with van der Waals surface area (Å²) in [6.07, 6.45) is -2.98. The Labute approximate surface area is 182 Å². The number of fused-ring (bicyclic) bond motifs is 1. The zero-order chi connectivity index (χ0) is 21.3. The first kappa shape index (κ1) is 22.8.